The van der Waals surface area contributed by atoms with Crippen molar-refractivity contribution in [3.63, 3.8) is 0 Å². The van der Waals surface area contributed by atoms with E-state index < -0.39 is 0 Å². The zero-order chi connectivity index (χ0) is 14.5. The van der Waals surface area contributed by atoms with Gasteiger partial charge in [-0.3, -0.25) is 15.1 Å². The van der Waals surface area contributed by atoms with Crippen molar-refractivity contribution in [3.8, 4) is 0 Å². The van der Waals surface area contributed by atoms with Crippen LogP contribution in [-0.4, -0.2) is 34.4 Å². The van der Waals surface area contributed by atoms with Gasteiger partial charge in [-0.15, -0.1) is 0 Å². The number of aromatic nitrogens is 3. The van der Waals surface area contributed by atoms with Gasteiger partial charge in [-0.1, -0.05) is 6.07 Å². The number of nitrogens with zero attached hydrogens (tertiary/aromatic N) is 3. The Bertz CT molecular complexity index is 552. The van der Waals surface area contributed by atoms with E-state index in [2.05, 4.69) is 38.5 Å². The lowest BCUT2D eigenvalue weighted by Crippen LogP contribution is -2.30. The lowest BCUT2D eigenvalue weighted by Gasteiger charge is -2.18. The van der Waals surface area contributed by atoms with Crippen molar-refractivity contribution in [3.05, 3.63) is 48.0 Å². The standard InChI is InChI=1S/C15H22N6/c1-21-11-12(7-19-21)4-6-17-9-14-10-18-20-15(14)13-3-2-5-16-8-13/h2-3,5,7-8,11,14-15,17-18,20H,4,6,9-10H2,1H3. The van der Waals surface area contributed by atoms with E-state index in [1.165, 1.54) is 11.1 Å². The van der Waals surface area contributed by atoms with E-state index in [0.717, 1.165) is 26.1 Å². The summed E-state index contributed by atoms with van der Waals surface area (Å²) < 4.78 is 1.85. The summed E-state index contributed by atoms with van der Waals surface area (Å²) in [6, 6.07) is 4.44. The third-order valence-electron chi connectivity index (χ3n) is 3.89. The van der Waals surface area contributed by atoms with E-state index >= 15 is 0 Å². The maximum absolute atomic E-state index is 4.20. The SMILES string of the molecule is Cn1cc(CCNCC2CNNC2c2cccnc2)cn1. The molecule has 0 aliphatic carbocycles. The van der Waals surface area contributed by atoms with Gasteiger partial charge in [0.25, 0.3) is 0 Å². The Hall–Kier alpha value is -1.76. The van der Waals surface area contributed by atoms with Crippen LogP contribution in [0.5, 0.6) is 0 Å². The normalized spacial score (nSPS) is 21.8. The van der Waals surface area contributed by atoms with E-state index in [1.807, 2.05) is 36.4 Å². The van der Waals surface area contributed by atoms with E-state index in [4.69, 9.17) is 0 Å². The Balaban J connectivity index is 1.46. The smallest absolute Gasteiger partial charge is 0.0530 e. The highest BCUT2D eigenvalue weighted by Gasteiger charge is 2.27. The van der Waals surface area contributed by atoms with Crippen LogP contribution < -0.4 is 16.2 Å². The molecular weight excluding hydrogens is 264 g/mol. The monoisotopic (exact) mass is 286 g/mol. The number of nitrogens with one attached hydrogen (secondary N) is 3. The lowest BCUT2D eigenvalue weighted by atomic mass is 9.96. The minimum atomic E-state index is 0.324. The van der Waals surface area contributed by atoms with Crippen LogP contribution in [0.1, 0.15) is 17.2 Å². The number of hydrogen-bond acceptors (Lipinski definition) is 5. The number of hydrogen-bond donors (Lipinski definition) is 3. The van der Waals surface area contributed by atoms with Crippen LogP contribution in [0.2, 0.25) is 0 Å². The minimum Gasteiger partial charge on any atom is -0.316 e. The fourth-order valence-corrected chi connectivity index (χ4v) is 2.76. The van der Waals surface area contributed by atoms with Crippen molar-refractivity contribution in [2.45, 2.75) is 12.5 Å². The van der Waals surface area contributed by atoms with Crippen LogP contribution in [0.15, 0.2) is 36.9 Å². The Morgan fingerprint density at radius 1 is 1.43 bits per heavy atom. The molecule has 0 saturated carbocycles. The number of hydrazine groups is 1. The highest BCUT2D eigenvalue weighted by atomic mass is 15.4. The predicted molar refractivity (Wildman–Crippen MR) is 81.4 cm³/mol. The van der Waals surface area contributed by atoms with Crippen molar-refractivity contribution in [1.29, 1.82) is 0 Å². The van der Waals surface area contributed by atoms with Crippen LogP contribution >= 0.6 is 0 Å². The molecule has 6 heteroatoms. The van der Waals surface area contributed by atoms with Gasteiger partial charge in [0.15, 0.2) is 0 Å². The van der Waals surface area contributed by atoms with Crippen LogP contribution in [0.25, 0.3) is 0 Å². The average molecular weight is 286 g/mol. The lowest BCUT2D eigenvalue weighted by molar-refractivity contribution is 0.443. The summed E-state index contributed by atoms with van der Waals surface area (Å²) in [7, 11) is 1.95. The molecule has 3 N–H and O–H groups in total. The maximum atomic E-state index is 4.20. The first kappa shape index (κ1) is 14.2. The molecule has 0 amide bonds. The molecule has 3 rings (SSSR count). The molecule has 2 aromatic rings. The van der Waals surface area contributed by atoms with Gasteiger partial charge >= 0.3 is 0 Å². The van der Waals surface area contributed by atoms with Crippen molar-refractivity contribution in [2.24, 2.45) is 13.0 Å². The largest absolute Gasteiger partial charge is 0.316 e. The fourth-order valence-electron chi connectivity index (χ4n) is 2.76. The second kappa shape index (κ2) is 6.80. The summed E-state index contributed by atoms with van der Waals surface area (Å²) in [4.78, 5) is 4.20. The predicted octanol–water partition coefficient (Wildman–Crippen LogP) is 0.413. The van der Waals surface area contributed by atoms with Crippen LogP contribution in [0.3, 0.4) is 0 Å². The van der Waals surface area contributed by atoms with Gasteiger partial charge in [0.1, 0.15) is 0 Å². The van der Waals surface area contributed by atoms with Gasteiger partial charge in [-0.25, -0.2) is 5.43 Å². The summed E-state index contributed by atoms with van der Waals surface area (Å²) in [5.74, 6) is 0.531. The Labute approximate surface area is 124 Å². The Kier molecular flexibility index (Phi) is 4.59. The molecule has 1 aliphatic rings. The Morgan fingerprint density at radius 2 is 2.38 bits per heavy atom. The van der Waals surface area contributed by atoms with Crippen molar-refractivity contribution in [2.75, 3.05) is 19.6 Å². The summed E-state index contributed by atoms with van der Waals surface area (Å²) in [6.07, 6.45) is 8.76. The first-order chi connectivity index (χ1) is 10.3. The molecule has 2 atom stereocenters. The quantitative estimate of drug-likeness (QED) is 0.671. The highest BCUT2D eigenvalue weighted by Crippen LogP contribution is 2.23. The second-order valence-electron chi connectivity index (χ2n) is 5.53. The summed E-state index contributed by atoms with van der Waals surface area (Å²) in [5.41, 5.74) is 9.11. The molecule has 3 heterocycles. The molecule has 0 radical (unpaired) electrons. The van der Waals surface area contributed by atoms with Crippen LogP contribution in [0.4, 0.5) is 0 Å². The number of aryl methyl sites for hydroxylation is 1. The van der Waals surface area contributed by atoms with E-state index in [0.29, 0.717) is 12.0 Å². The molecule has 1 fully saturated rings. The average Bonchev–Trinajstić information content (AvgIpc) is 3.13. The third-order valence-corrected chi connectivity index (χ3v) is 3.89. The van der Waals surface area contributed by atoms with Crippen molar-refractivity contribution < 1.29 is 0 Å². The molecule has 1 saturated heterocycles. The molecule has 1 aliphatic heterocycles. The minimum absolute atomic E-state index is 0.324. The second-order valence-corrected chi connectivity index (χ2v) is 5.53. The topological polar surface area (TPSA) is 66.8 Å². The zero-order valence-electron chi connectivity index (χ0n) is 12.3. The fraction of sp³-hybridized carbons (Fsp3) is 0.467. The summed E-state index contributed by atoms with van der Waals surface area (Å²) >= 11 is 0. The van der Waals surface area contributed by atoms with Crippen LogP contribution in [0, 0.1) is 5.92 Å². The maximum Gasteiger partial charge on any atom is 0.0530 e. The van der Waals surface area contributed by atoms with Gasteiger partial charge in [-0.2, -0.15) is 5.10 Å². The van der Waals surface area contributed by atoms with Gasteiger partial charge in [0.2, 0.25) is 0 Å². The molecule has 112 valence electrons. The molecule has 0 spiro atoms. The van der Waals surface area contributed by atoms with Gasteiger partial charge in [0, 0.05) is 44.6 Å². The molecule has 2 aromatic heterocycles. The Morgan fingerprint density at radius 3 is 3.14 bits per heavy atom. The van der Waals surface area contributed by atoms with E-state index in [9.17, 15) is 0 Å². The van der Waals surface area contributed by atoms with Crippen molar-refractivity contribution >= 4 is 0 Å². The van der Waals surface area contributed by atoms with Crippen molar-refractivity contribution in [1.82, 2.24) is 30.9 Å². The van der Waals surface area contributed by atoms with Gasteiger partial charge < -0.3 is 5.32 Å². The van der Waals surface area contributed by atoms with E-state index in [1.54, 1.807) is 0 Å². The first-order valence-electron chi connectivity index (χ1n) is 7.39. The molecule has 21 heavy (non-hydrogen) atoms. The number of rotatable bonds is 6. The summed E-state index contributed by atoms with van der Waals surface area (Å²) in [6.45, 7) is 2.93. The van der Waals surface area contributed by atoms with Gasteiger partial charge in [0.05, 0.1) is 12.2 Å². The molecule has 6 nitrogen and oxygen atoms in total. The molecule has 2 unspecified atom stereocenters. The third kappa shape index (κ3) is 3.66. The van der Waals surface area contributed by atoms with Crippen LogP contribution in [-0.2, 0) is 13.5 Å². The van der Waals surface area contributed by atoms with E-state index in [-0.39, 0.29) is 0 Å². The highest BCUT2D eigenvalue weighted by molar-refractivity contribution is 5.16. The van der Waals surface area contributed by atoms with Gasteiger partial charge in [-0.05, 0) is 30.2 Å². The zero-order valence-corrected chi connectivity index (χ0v) is 12.3. The summed E-state index contributed by atoms with van der Waals surface area (Å²) in [5, 5.41) is 7.73. The molecule has 0 aromatic carbocycles. The molecular formula is C15H22N6. The number of pyridine rings is 1. The molecule has 0 bridgehead atoms. The first-order valence-corrected chi connectivity index (χ1v) is 7.39.